The molecule has 0 aliphatic carbocycles. The van der Waals surface area contributed by atoms with Gasteiger partial charge in [-0.05, 0) is 22.0 Å². The highest BCUT2D eigenvalue weighted by Gasteiger charge is 2.10. The topological polar surface area (TPSA) is 63.3 Å². The molecule has 0 saturated heterocycles. The van der Waals surface area contributed by atoms with Crippen LogP contribution in [-0.2, 0) is 0 Å². The molecule has 19 heavy (non-hydrogen) atoms. The Morgan fingerprint density at radius 2 is 1.79 bits per heavy atom. The molecule has 5 nitrogen and oxygen atoms in total. The van der Waals surface area contributed by atoms with E-state index in [2.05, 4.69) is 26.2 Å². The van der Waals surface area contributed by atoms with E-state index >= 15 is 0 Å². The number of anilines is 1. The van der Waals surface area contributed by atoms with Crippen LogP contribution in [0.4, 0.5) is 5.69 Å². The predicted octanol–water partition coefficient (Wildman–Crippen LogP) is 3.05. The molecule has 0 saturated carbocycles. The third-order valence-electron chi connectivity index (χ3n) is 2.50. The molecule has 0 atom stereocenters. The van der Waals surface area contributed by atoms with Gasteiger partial charge in [0.2, 0.25) is 0 Å². The number of halogens is 1. The van der Waals surface area contributed by atoms with E-state index < -0.39 is 0 Å². The van der Waals surface area contributed by atoms with Crippen molar-refractivity contribution < 1.29 is 14.3 Å². The van der Waals surface area contributed by atoms with Gasteiger partial charge in [0.25, 0.3) is 5.91 Å². The number of methoxy groups -OCH3 is 2. The van der Waals surface area contributed by atoms with Gasteiger partial charge in [-0.1, -0.05) is 0 Å². The van der Waals surface area contributed by atoms with Crippen LogP contribution in [0.3, 0.4) is 0 Å². The van der Waals surface area contributed by atoms with E-state index in [1.807, 2.05) is 0 Å². The summed E-state index contributed by atoms with van der Waals surface area (Å²) in [5, 5.41) is 2.77. The van der Waals surface area contributed by atoms with E-state index in [9.17, 15) is 4.79 Å². The number of H-pyrrole nitrogens is 1. The van der Waals surface area contributed by atoms with Gasteiger partial charge in [-0.3, -0.25) is 4.79 Å². The molecule has 0 spiro atoms. The lowest BCUT2D eigenvalue weighted by Crippen LogP contribution is -2.12. The Hall–Kier alpha value is -1.95. The molecular formula is C13H13BrN2O3. The molecule has 0 aliphatic rings. The van der Waals surface area contributed by atoms with Crippen LogP contribution in [0, 0.1) is 0 Å². The highest BCUT2D eigenvalue weighted by molar-refractivity contribution is 9.10. The quantitative estimate of drug-likeness (QED) is 0.908. The predicted molar refractivity (Wildman–Crippen MR) is 76.0 cm³/mol. The monoisotopic (exact) mass is 324 g/mol. The lowest BCUT2D eigenvalue weighted by Gasteiger charge is -2.09. The first-order valence-electron chi connectivity index (χ1n) is 5.50. The second-order valence-corrected chi connectivity index (χ2v) is 4.70. The van der Waals surface area contributed by atoms with Crippen LogP contribution in [0.25, 0.3) is 0 Å². The zero-order chi connectivity index (χ0) is 13.8. The third-order valence-corrected chi connectivity index (χ3v) is 2.96. The number of rotatable bonds is 4. The van der Waals surface area contributed by atoms with Crippen LogP contribution in [0.15, 0.2) is 34.9 Å². The second-order valence-electron chi connectivity index (χ2n) is 3.79. The summed E-state index contributed by atoms with van der Waals surface area (Å²) in [6, 6.07) is 6.88. The van der Waals surface area contributed by atoms with Crippen molar-refractivity contribution in [3.05, 3.63) is 40.6 Å². The summed E-state index contributed by atoms with van der Waals surface area (Å²) in [5.41, 5.74) is 1.07. The van der Waals surface area contributed by atoms with Crippen molar-refractivity contribution in [1.82, 2.24) is 4.98 Å². The number of hydrogen-bond donors (Lipinski definition) is 2. The average molecular weight is 325 g/mol. The van der Waals surface area contributed by atoms with E-state index in [1.165, 1.54) is 0 Å². The molecule has 0 aliphatic heterocycles. The lowest BCUT2D eigenvalue weighted by molar-refractivity contribution is 0.102. The highest BCUT2D eigenvalue weighted by atomic mass is 79.9. The van der Waals surface area contributed by atoms with Gasteiger partial charge < -0.3 is 19.8 Å². The van der Waals surface area contributed by atoms with E-state index in [0.717, 1.165) is 4.47 Å². The Morgan fingerprint density at radius 1 is 1.16 bits per heavy atom. The molecule has 0 fully saturated rings. The van der Waals surface area contributed by atoms with Crippen molar-refractivity contribution in [2.45, 2.75) is 0 Å². The number of aromatic amines is 1. The molecule has 100 valence electrons. The van der Waals surface area contributed by atoms with Crippen molar-refractivity contribution in [1.29, 1.82) is 0 Å². The molecule has 0 unspecified atom stereocenters. The van der Waals surface area contributed by atoms with Crippen LogP contribution in [0.5, 0.6) is 11.5 Å². The van der Waals surface area contributed by atoms with Crippen LogP contribution >= 0.6 is 15.9 Å². The Kier molecular flexibility index (Phi) is 4.11. The van der Waals surface area contributed by atoms with Gasteiger partial charge in [-0.2, -0.15) is 0 Å². The fourth-order valence-corrected chi connectivity index (χ4v) is 1.92. The Labute approximate surface area is 119 Å². The maximum atomic E-state index is 12.0. The van der Waals surface area contributed by atoms with Crippen LogP contribution in [0.1, 0.15) is 10.5 Å². The number of nitrogens with one attached hydrogen (secondary N) is 2. The van der Waals surface area contributed by atoms with Crippen LogP contribution in [-0.4, -0.2) is 25.1 Å². The van der Waals surface area contributed by atoms with Crippen LogP contribution in [0.2, 0.25) is 0 Å². The molecule has 2 rings (SSSR count). The van der Waals surface area contributed by atoms with Gasteiger partial charge in [0, 0.05) is 34.6 Å². The molecule has 1 aromatic carbocycles. The summed E-state index contributed by atoms with van der Waals surface area (Å²) < 4.78 is 11.1. The maximum absolute atomic E-state index is 12.0. The van der Waals surface area contributed by atoms with E-state index in [0.29, 0.717) is 22.9 Å². The minimum absolute atomic E-state index is 0.235. The first kappa shape index (κ1) is 13.5. The van der Waals surface area contributed by atoms with E-state index in [4.69, 9.17) is 9.47 Å². The number of carbonyl (C=O) groups excluding carboxylic acids is 1. The smallest absolute Gasteiger partial charge is 0.272 e. The van der Waals surface area contributed by atoms with E-state index in [-0.39, 0.29) is 5.91 Å². The molecule has 6 heteroatoms. The zero-order valence-electron chi connectivity index (χ0n) is 10.5. The van der Waals surface area contributed by atoms with Gasteiger partial charge >= 0.3 is 0 Å². The molecular weight excluding hydrogens is 312 g/mol. The van der Waals surface area contributed by atoms with E-state index in [1.54, 1.807) is 44.7 Å². The van der Waals surface area contributed by atoms with Gasteiger partial charge in [-0.15, -0.1) is 0 Å². The second kappa shape index (κ2) is 5.79. The van der Waals surface area contributed by atoms with Gasteiger partial charge in [-0.25, -0.2) is 0 Å². The molecule has 2 N–H and O–H groups in total. The lowest BCUT2D eigenvalue weighted by atomic mass is 10.2. The van der Waals surface area contributed by atoms with Crippen molar-refractivity contribution in [3.8, 4) is 11.5 Å². The third kappa shape index (κ3) is 3.29. The first-order valence-corrected chi connectivity index (χ1v) is 6.30. The molecule has 0 radical (unpaired) electrons. The summed E-state index contributed by atoms with van der Waals surface area (Å²) >= 11 is 3.28. The van der Waals surface area contributed by atoms with Gasteiger partial charge in [0.15, 0.2) is 0 Å². The first-order chi connectivity index (χ1) is 9.12. The summed E-state index contributed by atoms with van der Waals surface area (Å²) in [4.78, 5) is 14.8. The minimum Gasteiger partial charge on any atom is -0.497 e. The highest BCUT2D eigenvalue weighted by Crippen LogP contribution is 2.26. The summed E-state index contributed by atoms with van der Waals surface area (Å²) in [6.07, 6.45) is 1.70. The molecule has 1 heterocycles. The molecule has 0 bridgehead atoms. The zero-order valence-corrected chi connectivity index (χ0v) is 12.1. The summed E-state index contributed by atoms with van der Waals surface area (Å²) in [7, 11) is 3.12. The summed E-state index contributed by atoms with van der Waals surface area (Å²) in [6.45, 7) is 0. The summed E-state index contributed by atoms with van der Waals surface area (Å²) in [5.74, 6) is 0.991. The fourth-order valence-electron chi connectivity index (χ4n) is 1.58. The molecule has 1 aromatic heterocycles. The van der Waals surface area contributed by atoms with Gasteiger partial charge in [0.05, 0.1) is 14.2 Å². The minimum atomic E-state index is -0.235. The molecule has 1 amide bonds. The SMILES string of the molecule is COc1cc(NC(=O)c2cc(Br)c[nH]2)cc(OC)c1. The molecule has 2 aromatic rings. The Morgan fingerprint density at radius 3 is 2.26 bits per heavy atom. The Balaban J connectivity index is 2.20. The normalized spacial score (nSPS) is 10.1. The average Bonchev–Trinajstić information content (AvgIpc) is 2.85. The standard InChI is InChI=1S/C13H13BrN2O3/c1-18-10-4-9(5-11(6-10)19-2)16-13(17)12-3-8(14)7-15-12/h3-7,15H,1-2H3,(H,16,17). The van der Waals surface area contributed by atoms with Crippen LogP contribution < -0.4 is 14.8 Å². The Bertz CT molecular complexity index is 573. The largest absolute Gasteiger partial charge is 0.497 e. The van der Waals surface area contributed by atoms with Crippen molar-refractivity contribution in [3.63, 3.8) is 0 Å². The fraction of sp³-hybridized carbons (Fsp3) is 0.154. The number of benzene rings is 1. The number of hydrogen-bond acceptors (Lipinski definition) is 3. The maximum Gasteiger partial charge on any atom is 0.272 e. The van der Waals surface area contributed by atoms with Crippen molar-refractivity contribution in [2.24, 2.45) is 0 Å². The number of ether oxygens (including phenoxy) is 2. The number of carbonyl (C=O) groups is 1. The number of aromatic nitrogens is 1. The van der Waals surface area contributed by atoms with Crippen molar-refractivity contribution >= 4 is 27.5 Å². The van der Waals surface area contributed by atoms with Gasteiger partial charge in [0.1, 0.15) is 17.2 Å². The van der Waals surface area contributed by atoms with Crippen molar-refractivity contribution in [2.75, 3.05) is 19.5 Å². The number of amides is 1.